The lowest BCUT2D eigenvalue weighted by atomic mass is 10.2. The van der Waals surface area contributed by atoms with Crippen molar-refractivity contribution in [2.24, 2.45) is 0 Å². The summed E-state index contributed by atoms with van der Waals surface area (Å²) in [5.74, 6) is -0.325. The number of aromatic nitrogens is 1. The second-order valence-corrected chi connectivity index (χ2v) is 3.20. The summed E-state index contributed by atoms with van der Waals surface area (Å²) >= 11 is 3.03. The molecule has 0 fully saturated rings. The quantitative estimate of drug-likeness (QED) is 0.629. The van der Waals surface area contributed by atoms with E-state index in [1.54, 1.807) is 0 Å². The fourth-order valence-electron chi connectivity index (χ4n) is 1.07. The highest BCUT2D eigenvalue weighted by molar-refractivity contribution is 9.10. The summed E-state index contributed by atoms with van der Waals surface area (Å²) in [5.41, 5.74) is 0.797. The summed E-state index contributed by atoms with van der Waals surface area (Å²) in [6.07, 6.45) is 0. The lowest BCUT2D eigenvalue weighted by Gasteiger charge is -1.97. The van der Waals surface area contributed by atoms with Crippen molar-refractivity contribution in [3.8, 4) is 0 Å². The highest BCUT2D eigenvalue weighted by Crippen LogP contribution is 2.18. The Labute approximate surface area is 77.4 Å². The average molecular weight is 226 g/mol. The minimum Gasteiger partial charge on any atom is -0.238 e. The Bertz CT molecular complexity index is 387. The van der Waals surface area contributed by atoms with Gasteiger partial charge < -0.3 is 0 Å². The molecule has 0 atom stereocenters. The van der Waals surface area contributed by atoms with Gasteiger partial charge in [-0.05, 0) is 28.1 Å². The summed E-state index contributed by atoms with van der Waals surface area (Å²) in [6.45, 7) is 0. The first-order chi connectivity index (χ1) is 5.77. The standard InChI is InChI=1S/C9H5BrFN/c10-9-7(11)5-6-3-1-2-4-8(6)12-9/h1-5H. The van der Waals surface area contributed by atoms with Crippen LogP contribution in [0.2, 0.25) is 0 Å². The average Bonchev–Trinajstić information content (AvgIpc) is 2.07. The van der Waals surface area contributed by atoms with Crippen molar-refractivity contribution in [3.63, 3.8) is 0 Å². The van der Waals surface area contributed by atoms with Gasteiger partial charge in [-0.25, -0.2) is 9.37 Å². The van der Waals surface area contributed by atoms with Gasteiger partial charge in [-0.15, -0.1) is 0 Å². The molecule has 2 aromatic rings. The third-order valence-electron chi connectivity index (χ3n) is 1.63. The Morgan fingerprint density at radius 3 is 2.83 bits per heavy atom. The van der Waals surface area contributed by atoms with Crippen LogP contribution < -0.4 is 0 Å². The minimum atomic E-state index is -0.325. The van der Waals surface area contributed by atoms with Crippen molar-refractivity contribution in [1.29, 1.82) is 0 Å². The molecule has 0 unspecified atom stereocenters. The summed E-state index contributed by atoms with van der Waals surface area (Å²) in [5, 5.41) is 0.818. The lowest BCUT2D eigenvalue weighted by molar-refractivity contribution is 0.616. The monoisotopic (exact) mass is 225 g/mol. The SMILES string of the molecule is Fc1cc2ccccc2nc1Br. The Kier molecular flexibility index (Phi) is 1.81. The summed E-state index contributed by atoms with van der Waals surface area (Å²) in [6, 6.07) is 8.88. The third kappa shape index (κ3) is 1.20. The first kappa shape index (κ1) is 7.68. The Morgan fingerprint density at radius 2 is 2.00 bits per heavy atom. The molecule has 1 nitrogen and oxygen atoms in total. The maximum Gasteiger partial charge on any atom is 0.156 e. The molecule has 1 aromatic heterocycles. The van der Waals surface area contributed by atoms with E-state index in [4.69, 9.17) is 0 Å². The number of hydrogen-bond acceptors (Lipinski definition) is 1. The van der Waals surface area contributed by atoms with Crippen LogP contribution >= 0.6 is 15.9 Å². The zero-order valence-electron chi connectivity index (χ0n) is 6.09. The van der Waals surface area contributed by atoms with Gasteiger partial charge in [0.1, 0.15) is 4.60 Å². The number of hydrogen-bond donors (Lipinski definition) is 0. The molecular weight excluding hydrogens is 221 g/mol. The molecule has 12 heavy (non-hydrogen) atoms. The lowest BCUT2D eigenvalue weighted by Crippen LogP contribution is -1.84. The normalized spacial score (nSPS) is 10.5. The molecule has 0 radical (unpaired) electrons. The molecule has 0 aliphatic heterocycles. The fourth-order valence-corrected chi connectivity index (χ4v) is 1.37. The van der Waals surface area contributed by atoms with Gasteiger partial charge in [-0.1, -0.05) is 18.2 Å². The minimum absolute atomic E-state index is 0.265. The van der Waals surface area contributed by atoms with Gasteiger partial charge in [-0.3, -0.25) is 0 Å². The van der Waals surface area contributed by atoms with Crippen molar-refractivity contribution >= 4 is 26.8 Å². The van der Waals surface area contributed by atoms with Crippen LogP contribution in [0.4, 0.5) is 4.39 Å². The number of fused-ring (bicyclic) bond motifs is 1. The largest absolute Gasteiger partial charge is 0.238 e. The van der Waals surface area contributed by atoms with E-state index in [-0.39, 0.29) is 10.4 Å². The molecule has 1 heterocycles. The number of pyridine rings is 1. The highest BCUT2D eigenvalue weighted by Gasteiger charge is 2.01. The molecule has 60 valence electrons. The van der Waals surface area contributed by atoms with E-state index < -0.39 is 0 Å². The van der Waals surface area contributed by atoms with E-state index in [0.29, 0.717) is 0 Å². The highest BCUT2D eigenvalue weighted by atomic mass is 79.9. The predicted octanol–water partition coefficient (Wildman–Crippen LogP) is 3.14. The molecule has 0 amide bonds. The van der Waals surface area contributed by atoms with E-state index in [1.807, 2.05) is 24.3 Å². The van der Waals surface area contributed by atoms with Crippen molar-refractivity contribution in [2.45, 2.75) is 0 Å². The van der Waals surface area contributed by atoms with Crippen LogP contribution in [-0.4, -0.2) is 4.98 Å². The number of rotatable bonds is 0. The summed E-state index contributed by atoms with van der Waals surface area (Å²) < 4.78 is 13.2. The zero-order chi connectivity index (χ0) is 8.55. The molecule has 2 rings (SSSR count). The molecule has 0 aliphatic rings. The van der Waals surface area contributed by atoms with E-state index in [0.717, 1.165) is 10.9 Å². The van der Waals surface area contributed by atoms with Crippen molar-refractivity contribution in [2.75, 3.05) is 0 Å². The van der Waals surface area contributed by atoms with Crippen molar-refractivity contribution in [1.82, 2.24) is 4.98 Å². The Balaban J connectivity index is 2.84. The molecule has 0 aliphatic carbocycles. The maximum atomic E-state index is 12.9. The second kappa shape index (κ2) is 2.83. The Morgan fingerprint density at radius 1 is 1.25 bits per heavy atom. The van der Waals surface area contributed by atoms with Crippen LogP contribution in [0.5, 0.6) is 0 Å². The molecule has 0 saturated carbocycles. The van der Waals surface area contributed by atoms with Gasteiger partial charge in [0.25, 0.3) is 0 Å². The van der Waals surface area contributed by atoms with Gasteiger partial charge in [0, 0.05) is 5.39 Å². The van der Waals surface area contributed by atoms with Crippen molar-refractivity contribution in [3.05, 3.63) is 40.8 Å². The summed E-state index contributed by atoms with van der Waals surface area (Å²) in [7, 11) is 0. The van der Waals surface area contributed by atoms with Crippen molar-refractivity contribution < 1.29 is 4.39 Å². The van der Waals surface area contributed by atoms with E-state index >= 15 is 0 Å². The van der Waals surface area contributed by atoms with E-state index in [9.17, 15) is 4.39 Å². The smallest absolute Gasteiger partial charge is 0.156 e. The summed E-state index contributed by atoms with van der Waals surface area (Å²) in [4.78, 5) is 4.02. The molecule has 0 N–H and O–H groups in total. The third-order valence-corrected chi connectivity index (χ3v) is 2.19. The van der Waals surface area contributed by atoms with Gasteiger partial charge >= 0.3 is 0 Å². The van der Waals surface area contributed by atoms with Gasteiger partial charge in [0.15, 0.2) is 5.82 Å². The molecular formula is C9H5BrFN. The maximum absolute atomic E-state index is 12.9. The molecule has 0 bridgehead atoms. The fraction of sp³-hybridized carbons (Fsp3) is 0. The van der Waals surface area contributed by atoms with Crippen LogP contribution in [0.15, 0.2) is 34.9 Å². The number of nitrogens with zero attached hydrogens (tertiary/aromatic N) is 1. The van der Waals surface area contributed by atoms with E-state index in [2.05, 4.69) is 20.9 Å². The number of para-hydroxylation sites is 1. The van der Waals surface area contributed by atoms with Gasteiger partial charge in [0.05, 0.1) is 5.52 Å². The molecule has 3 heteroatoms. The number of benzene rings is 1. The topological polar surface area (TPSA) is 12.9 Å². The zero-order valence-corrected chi connectivity index (χ0v) is 7.68. The predicted molar refractivity (Wildman–Crippen MR) is 49.4 cm³/mol. The number of halogens is 2. The van der Waals surface area contributed by atoms with Crippen LogP contribution in [0.25, 0.3) is 10.9 Å². The van der Waals surface area contributed by atoms with Gasteiger partial charge in [0.2, 0.25) is 0 Å². The first-order valence-corrected chi connectivity index (χ1v) is 4.27. The van der Waals surface area contributed by atoms with Crippen LogP contribution in [-0.2, 0) is 0 Å². The second-order valence-electron chi connectivity index (χ2n) is 2.45. The van der Waals surface area contributed by atoms with E-state index in [1.165, 1.54) is 6.07 Å². The molecule has 1 aromatic carbocycles. The van der Waals surface area contributed by atoms with Crippen LogP contribution in [0.1, 0.15) is 0 Å². The van der Waals surface area contributed by atoms with Gasteiger partial charge in [-0.2, -0.15) is 0 Å². The Hall–Kier alpha value is -0.960. The molecule has 0 saturated heterocycles. The van der Waals surface area contributed by atoms with Crippen LogP contribution in [0.3, 0.4) is 0 Å². The van der Waals surface area contributed by atoms with Crippen LogP contribution in [0, 0.1) is 5.82 Å². The first-order valence-electron chi connectivity index (χ1n) is 3.48. The molecule has 0 spiro atoms.